The van der Waals surface area contributed by atoms with Gasteiger partial charge in [0, 0.05) is 36.0 Å². The van der Waals surface area contributed by atoms with Gasteiger partial charge in [0.05, 0.1) is 24.2 Å². The van der Waals surface area contributed by atoms with Gasteiger partial charge in [0.15, 0.2) is 16.8 Å². The van der Waals surface area contributed by atoms with Crippen LogP contribution in [0, 0.1) is 6.92 Å². The predicted octanol–water partition coefficient (Wildman–Crippen LogP) is 0.240. The molecule has 12 nitrogen and oxygen atoms in total. The quantitative estimate of drug-likeness (QED) is 0.216. The van der Waals surface area contributed by atoms with Gasteiger partial charge < -0.3 is 39.6 Å². The maximum Gasteiger partial charge on any atom is 0.193 e. The summed E-state index contributed by atoms with van der Waals surface area (Å²) < 4.78 is 12.5. The minimum absolute atomic E-state index is 0.193. The van der Waals surface area contributed by atoms with Gasteiger partial charge in [-0.1, -0.05) is 0 Å². The molecule has 12 heteroatoms. The summed E-state index contributed by atoms with van der Waals surface area (Å²) in [5, 5.41) is 48.8. The molecule has 1 aromatic carbocycles. The number of aliphatic hydroxyl groups is 5. The molecule has 3 aliphatic rings. The number of hydrogen-bond donors (Lipinski definition) is 5. The number of nitrogens with zero attached hydrogens (tertiary/aromatic N) is 2. The Bertz CT molecular complexity index is 1410. The summed E-state index contributed by atoms with van der Waals surface area (Å²) in [6, 6.07) is 3.15. The lowest BCUT2D eigenvalue weighted by Gasteiger charge is -2.40. The lowest BCUT2D eigenvalue weighted by atomic mass is 9.89. The van der Waals surface area contributed by atoms with Gasteiger partial charge in [-0.3, -0.25) is 9.79 Å². The first-order valence-electron chi connectivity index (χ1n) is 12.6. The van der Waals surface area contributed by atoms with E-state index in [0.29, 0.717) is 40.3 Å². The van der Waals surface area contributed by atoms with Gasteiger partial charge in [0.2, 0.25) is 0 Å². The maximum atomic E-state index is 13.0. The fourth-order valence-corrected chi connectivity index (χ4v) is 4.88. The average Bonchev–Trinajstić information content (AvgIpc) is 3.49. The van der Waals surface area contributed by atoms with Gasteiger partial charge in [-0.25, -0.2) is 9.78 Å². The molecule has 5 rings (SSSR count). The third-order valence-corrected chi connectivity index (χ3v) is 7.16. The highest BCUT2D eigenvalue weighted by Gasteiger charge is 2.42. The zero-order valence-corrected chi connectivity index (χ0v) is 21.8. The molecule has 0 bridgehead atoms. The van der Waals surface area contributed by atoms with E-state index in [1.54, 1.807) is 33.0 Å². The molecule has 0 saturated heterocycles. The van der Waals surface area contributed by atoms with E-state index in [1.165, 1.54) is 6.07 Å². The topological polar surface area (TPSA) is 175 Å². The number of anilines is 1. The van der Waals surface area contributed by atoms with Crippen molar-refractivity contribution in [3.8, 4) is 5.75 Å². The van der Waals surface area contributed by atoms with Crippen molar-refractivity contribution in [2.45, 2.75) is 63.3 Å². The van der Waals surface area contributed by atoms with Crippen LogP contribution in [0.5, 0.6) is 5.75 Å². The molecule has 0 radical (unpaired) electrons. The van der Waals surface area contributed by atoms with Crippen LogP contribution in [0.3, 0.4) is 0 Å². The molecule has 3 aliphatic heterocycles. The Morgan fingerprint density at radius 1 is 1.18 bits per heavy atom. The van der Waals surface area contributed by atoms with Crippen molar-refractivity contribution < 1.29 is 44.5 Å². The molecule has 0 fully saturated rings. The Hall–Kier alpha value is -3.10. The number of benzene rings is 1. The van der Waals surface area contributed by atoms with Crippen LogP contribution in [0.25, 0.3) is 11.0 Å². The number of rotatable bonds is 9. The van der Waals surface area contributed by atoms with Crippen molar-refractivity contribution >= 4 is 22.4 Å². The highest BCUT2D eigenvalue weighted by Crippen LogP contribution is 2.46. The first-order chi connectivity index (χ1) is 18.5. The number of fused-ring (bicyclic) bond motifs is 3. The Kier molecular flexibility index (Phi) is 7.37. The molecule has 0 saturated carbocycles. The fourth-order valence-electron chi connectivity index (χ4n) is 4.88. The molecule has 4 heterocycles. The fraction of sp³-hybridized carbons (Fsp3) is 0.481. The Labute approximate surface area is 223 Å². The average molecular weight is 545 g/mol. The van der Waals surface area contributed by atoms with E-state index in [4.69, 9.17) is 24.0 Å². The standard InChI is InChI=1S/C27H32N2O10/c1-13-6-18(31)16-7-15-8-21(39-36-12-20(33)24(35)23(34)19(32)11-30)27(2,3)38-25(15)22(26(16)37-13)29-9-14-4-5-28-17(14)10-29/h4-7,9,19-21,23-24,30,32-35H,8,10-12H2,1-3H3. The van der Waals surface area contributed by atoms with Crippen LogP contribution >= 0.6 is 0 Å². The van der Waals surface area contributed by atoms with Gasteiger partial charge >= 0.3 is 0 Å². The van der Waals surface area contributed by atoms with Gasteiger partial charge in [0.1, 0.15) is 54.2 Å². The number of aryl methyl sites for hydroxylation is 1. The molecule has 0 aliphatic carbocycles. The number of aliphatic hydroxyl groups excluding tert-OH is 5. The Morgan fingerprint density at radius 2 is 1.92 bits per heavy atom. The zero-order valence-electron chi connectivity index (χ0n) is 21.8. The van der Waals surface area contributed by atoms with E-state index in [9.17, 15) is 25.2 Å². The number of allylic oxidation sites excluding steroid dienone is 1. The highest BCUT2D eigenvalue weighted by molar-refractivity contribution is 6.12. The van der Waals surface area contributed by atoms with E-state index < -0.39 is 49.3 Å². The first-order valence-corrected chi connectivity index (χ1v) is 12.6. The molecule has 5 unspecified atom stereocenters. The molecule has 5 N–H and O–H groups in total. The maximum absolute atomic E-state index is 13.0. The second kappa shape index (κ2) is 10.5. The van der Waals surface area contributed by atoms with Crippen molar-refractivity contribution in [1.29, 1.82) is 0 Å². The summed E-state index contributed by atoms with van der Waals surface area (Å²) in [4.78, 5) is 30.1. The van der Waals surface area contributed by atoms with Crippen molar-refractivity contribution in [3.05, 3.63) is 57.7 Å². The predicted molar refractivity (Wildman–Crippen MR) is 140 cm³/mol. The monoisotopic (exact) mass is 544 g/mol. The summed E-state index contributed by atoms with van der Waals surface area (Å²) in [7, 11) is 0. The molecule has 210 valence electrons. The summed E-state index contributed by atoms with van der Waals surface area (Å²) in [6.07, 6.45) is -1.60. The van der Waals surface area contributed by atoms with Crippen LogP contribution in [-0.2, 0) is 16.2 Å². The SMILES string of the molecule is Cc1cc(=O)c2cc3c(c(N4C=C5C=CN=C5C4)c2o1)OC(C)(C)C(OOCC(O)C(O)C(O)C(O)CO)C3. The molecule has 5 atom stereocenters. The van der Waals surface area contributed by atoms with Crippen molar-refractivity contribution in [2.75, 3.05) is 24.7 Å². The largest absolute Gasteiger partial charge is 0.482 e. The third kappa shape index (κ3) is 5.12. The molecular weight excluding hydrogens is 512 g/mol. The number of aliphatic imine (C=N–C) groups is 1. The zero-order chi connectivity index (χ0) is 28.1. The molecule has 0 spiro atoms. The summed E-state index contributed by atoms with van der Waals surface area (Å²) >= 11 is 0. The van der Waals surface area contributed by atoms with E-state index >= 15 is 0 Å². The Morgan fingerprint density at radius 3 is 2.64 bits per heavy atom. The van der Waals surface area contributed by atoms with Crippen LogP contribution in [0.1, 0.15) is 25.2 Å². The van der Waals surface area contributed by atoms with Gasteiger partial charge in [-0.05, 0) is 32.9 Å². The molecule has 2 aromatic rings. The first kappa shape index (κ1) is 27.5. The number of hydrogen-bond acceptors (Lipinski definition) is 12. The summed E-state index contributed by atoms with van der Waals surface area (Å²) in [6.45, 7) is 4.49. The minimum atomic E-state index is -1.78. The Balaban J connectivity index is 1.42. The second-order valence-corrected chi connectivity index (χ2v) is 10.5. The smallest absolute Gasteiger partial charge is 0.193 e. The highest BCUT2D eigenvalue weighted by atomic mass is 17.2. The number of ether oxygens (including phenoxy) is 1. The van der Waals surface area contributed by atoms with E-state index in [2.05, 4.69) is 4.99 Å². The van der Waals surface area contributed by atoms with Gasteiger partial charge in [0.25, 0.3) is 0 Å². The van der Waals surface area contributed by atoms with Gasteiger partial charge in [-0.2, -0.15) is 0 Å². The van der Waals surface area contributed by atoms with Crippen molar-refractivity contribution in [1.82, 2.24) is 0 Å². The lowest BCUT2D eigenvalue weighted by Crippen LogP contribution is -2.50. The van der Waals surface area contributed by atoms with Crippen molar-refractivity contribution in [3.63, 3.8) is 0 Å². The molecular formula is C27H32N2O10. The lowest BCUT2D eigenvalue weighted by molar-refractivity contribution is -0.358. The normalized spacial score (nSPS) is 22.6. The van der Waals surface area contributed by atoms with Crippen LogP contribution in [0.2, 0.25) is 0 Å². The van der Waals surface area contributed by atoms with Crippen LogP contribution in [-0.4, -0.2) is 87.1 Å². The van der Waals surface area contributed by atoms with Crippen LogP contribution in [0.4, 0.5) is 5.69 Å². The molecule has 39 heavy (non-hydrogen) atoms. The van der Waals surface area contributed by atoms with Crippen LogP contribution < -0.4 is 15.1 Å². The van der Waals surface area contributed by atoms with Crippen molar-refractivity contribution in [2.24, 2.45) is 4.99 Å². The third-order valence-electron chi connectivity index (χ3n) is 7.16. The second-order valence-electron chi connectivity index (χ2n) is 10.5. The van der Waals surface area contributed by atoms with E-state index in [1.807, 2.05) is 17.2 Å². The van der Waals surface area contributed by atoms with Crippen LogP contribution in [0.15, 0.2) is 50.4 Å². The molecule has 1 aromatic heterocycles. The minimum Gasteiger partial charge on any atom is -0.482 e. The molecule has 0 amide bonds. The van der Waals surface area contributed by atoms with E-state index in [-0.39, 0.29) is 11.8 Å². The summed E-state index contributed by atoms with van der Waals surface area (Å²) in [5.74, 6) is 1.01. The van der Waals surface area contributed by atoms with E-state index in [0.717, 1.165) is 11.3 Å². The summed E-state index contributed by atoms with van der Waals surface area (Å²) in [5.41, 5.74) is 2.46. The van der Waals surface area contributed by atoms with Gasteiger partial charge in [-0.15, -0.1) is 0 Å².